The molecule has 4 nitrogen and oxygen atoms in total. The van der Waals surface area contributed by atoms with Crippen molar-refractivity contribution in [2.75, 3.05) is 6.61 Å². The molecule has 0 radical (unpaired) electrons. The molecule has 0 aromatic carbocycles. The highest BCUT2D eigenvalue weighted by Crippen LogP contribution is 2.28. The number of hydrogen-bond donors (Lipinski definition) is 1. The van der Waals surface area contributed by atoms with Gasteiger partial charge >= 0.3 is 5.97 Å². The van der Waals surface area contributed by atoms with Gasteiger partial charge in [0.05, 0.1) is 0 Å². The van der Waals surface area contributed by atoms with Crippen LogP contribution in [0.3, 0.4) is 0 Å². The Morgan fingerprint density at radius 1 is 1.25 bits per heavy atom. The van der Waals surface area contributed by atoms with Crippen LogP contribution in [0, 0.1) is 5.92 Å². The summed E-state index contributed by atoms with van der Waals surface area (Å²) in [6.45, 7) is 6.56. The fourth-order valence-corrected chi connectivity index (χ4v) is 1.83. The standard InChI is InChI=1S/C12H22O4/c1-9(14)5-6-11(7-8-13)12(3,4)16-10(2)15/h11,13H,5-8H2,1-4H3. The highest BCUT2D eigenvalue weighted by atomic mass is 16.6. The van der Waals surface area contributed by atoms with Crippen LogP contribution in [0.25, 0.3) is 0 Å². The fourth-order valence-electron chi connectivity index (χ4n) is 1.83. The monoisotopic (exact) mass is 230 g/mol. The van der Waals surface area contributed by atoms with Gasteiger partial charge in [-0.2, -0.15) is 0 Å². The fraction of sp³-hybridized carbons (Fsp3) is 0.833. The van der Waals surface area contributed by atoms with Crippen molar-refractivity contribution in [2.24, 2.45) is 5.92 Å². The molecule has 0 aromatic heterocycles. The highest BCUT2D eigenvalue weighted by molar-refractivity contribution is 5.75. The molecule has 0 saturated heterocycles. The van der Waals surface area contributed by atoms with E-state index in [1.807, 2.05) is 13.8 Å². The van der Waals surface area contributed by atoms with Crippen LogP contribution < -0.4 is 0 Å². The number of aliphatic hydroxyl groups excluding tert-OH is 1. The number of ether oxygens (including phenoxy) is 1. The number of aliphatic hydroxyl groups is 1. The summed E-state index contributed by atoms with van der Waals surface area (Å²) < 4.78 is 5.22. The predicted molar refractivity (Wildman–Crippen MR) is 61.0 cm³/mol. The van der Waals surface area contributed by atoms with E-state index in [9.17, 15) is 9.59 Å². The maximum absolute atomic E-state index is 11.0. The average Bonchev–Trinajstić information content (AvgIpc) is 2.09. The molecule has 0 spiro atoms. The number of carbonyl (C=O) groups excluding carboxylic acids is 2. The van der Waals surface area contributed by atoms with Gasteiger partial charge in [0.2, 0.25) is 0 Å². The van der Waals surface area contributed by atoms with Crippen LogP contribution in [0.1, 0.15) is 47.0 Å². The zero-order valence-corrected chi connectivity index (χ0v) is 10.6. The van der Waals surface area contributed by atoms with Crippen molar-refractivity contribution in [3.05, 3.63) is 0 Å². The molecular weight excluding hydrogens is 208 g/mol. The van der Waals surface area contributed by atoms with Gasteiger partial charge in [-0.1, -0.05) is 0 Å². The van der Waals surface area contributed by atoms with Gasteiger partial charge in [-0.05, 0) is 33.6 Å². The zero-order chi connectivity index (χ0) is 12.8. The number of carbonyl (C=O) groups is 2. The molecule has 0 aromatic rings. The Hall–Kier alpha value is -0.900. The predicted octanol–water partition coefficient (Wildman–Crippen LogP) is 1.70. The molecular formula is C12H22O4. The van der Waals surface area contributed by atoms with Gasteiger partial charge in [0, 0.05) is 25.9 Å². The van der Waals surface area contributed by atoms with E-state index in [0.717, 1.165) is 0 Å². The number of ketones is 1. The van der Waals surface area contributed by atoms with Crippen LogP contribution in [-0.4, -0.2) is 29.1 Å². The molecule has 0 aliphatic heterocycles. The number of rotatable bonds is 7. The molecule has 0 heterocycles. The van der Waals surface area contributed by atoms with Crippen molar-refractivity contribution < 1.29 is 19.4 Å². The van der Waals surface area contributed by atoms with E-state index in [0.29, 0.717) is 19.3 Å². The first-order valence-corrected chi connectivity index (χ1v) is 5.59. The van der Waals surface area contributed by atoms with E-state index < -0.39 is 5.60 Å². The lowest BCUT2D eigenvalue weighted by Gasteiger charge is -2.33. The summed E-state index contributed by atoms with van der Waals surface area (Å²) >= 11 is 0. The quantitative estimate of drug-likeness (QED) is 0.676. The van der Waals surface area contributed by atoms with Gasteiger partial charge in [0.1, 0.15) is 11.4 Å². The second-order valence-corrected chi connectivity index (χ2v) is 4.65. The van der Waals surface area contributed by atoms with Crippen molar-refractivity contribution in [1.29, 1.82) is 0 Å². The molecule has 0 aliphatic carbocycles. The molecule has 1 atom stereocenters. The van der Waals surface area contributed by atoms with Gasteiger partial charge < -0.3 is 14.6 Å². The molecule has 1 N–H and O–H groups in total. The lowest BCUT2D eigenvalue weighted by atomic mass is 9.84. The Balaban J connectivity index is 4.47. The Bertz CT molecular complexity index is 245. The van der Waals surface area contributed by atoms with Gasteiger partial charge in [-0.25, -0.2) is 0 Å². The normalized spacial score (nSPS) is 13.3. The van der Waals surface area contributed by atoms with E-state index in [2.05, 4.69) is 0 Å². The van der Waals surface area contributed by atoms with Gasteiger partial charge in [-0.3, -0.25) is 4.79 Å². The Labute approximate surface area is 97.0 Å². The van der Waals surface area contributed by atoms with Crippen LogP contribution in [0.5, 0.6) is 0 Å². The lowest BCUT2D eigenvalue weighted by Crippen LogP contribution is -2.37. The third-order valence-electron chi connectivity index (χ3n) is 2.71. The van der Waals surface area contributed by atoms with Gasteiger partial charge in [-0.15, -0.1) is 0 Å². The summed E-state index contributed by atoms with van der Waals surface area (Å²) in [5.41, 5.74) is -0.635. The minimum atomic E-state index is -0.635. The first kappa shape index (κ1) is 15.1. The van der Waals surface area contributed by atoms with Gasteiger partial charge in [0.25, 0.3) is 0 Å². The molecule has 0 amide bonds. The topological polar surface area (TPSA) is 63.6 Å². The van der Waals surface area contributed by atoms with Crippen molar-refractivity contribution in [3.63, 3.8) is 0 Å². The highest BCUT2D eigenvalue weighted by Gasteiger charge is 2.31. The first-order chi connectivity index (χ1) is 7.29. The largest absolute Gasteiger partial charge is 0.460 e. The summed E-state index contributed by atoms with van der Waals surface area (Å²) in [4.78, 5) is 21.9. The lowest BCUT2D eigenvalue weighted by molar-refractivity contribution is -0.159. The van der Waals surface area contributed by atoms with E-state index >= 15 is 0 Å². The molecule has 0 aliphatic rings. The molecule has 0 fully saturated rings. The minimum absolute atomic E-state index is 0.00491. The Kier molecular flexibility index (Phi) is 6.26. The number of esters is 1. The van der Waals surface area contributed by atoms with Crippen LogP contribution in [0.4, 0.5) is 0 Å². The van der Waals surface area contributed by atoms with E-state index in [-0.39, 0.29) is 24.3 Å². The second-order valence-electron chi connectivity index (χ2n) is 4.65. The van der Waals surface area contributed by atoms with E-state index in [4.69, 9.17) is 9.84 Å². The summed E-state index contributed by atoms with van der Waals surface area (Å²) in [6.07, 6.45) is 1.62. The Morgan fingerprint density at radius 3 is 2.19 bits per heavy atom. The second kappa shape index (κ2) is 6.63. The van der Waals surface area contributed by atoms with Crippen LogP contribution in [-0.2, 0) is 14.3 Å². The Morgan fingerprint density at radius 2 is 1.81 bits per heavy atom. The molecule has 0 bridgehead atoms. The number of Topliss-reactive ketones (excluding diaryl/α,β-unsaturated/α-hetero) is 1. The molecule has 1 unspecified atom stereocenters. The summed E-state index contributed by atoms with van der Waals surface area (Å²) in [6, 6.07) is 0. The average molecular weight is 230 g/mol. The van der Waals surface area contributed by atoms with E-state index in [1.165, 1.54) is 13.8 Å². The summed E-state index contributed by atoms with van der Waals surface area (Å²) in [7, 11) is 0. The third-order valence-corrected chi connectivity index (χ3v) is 2.71. The SMILES string of the molecule is CC(=O)CCC(CCO)C(C)(C)OC(C)=O. The zero-order valence-electron chi connectivity index (χ0n) is 10.6. The first-order valence-electron chi connectivity index (χ1n) is 5.59. The molecule has 16 heavy (non-hydrogen) atoms. The van der Waals surface area contributed by atoms with Crippen molar-refractivity contribution in [3.8, 4) is 0 Å². The maximum Gasteiger partial charge on any atom is 0.303 e. The summed E-state index contributed by atoms with van der Waals surface area (Å²) in [5.74, 6) is -0.220. The maximum atomic E-state index is 11.0. The summed E-state index contributed by atoms with van der Waals surface area (Å²) in [5, 5.41) is 8.97. The van der Waals surface area contributed by atoms with Crippen molar-refractivity contribution in [2.45, 2.75) is 52.6 Å². The molecule has 4 heteroatoms. The smallest absolute Gasteiger partial charge is 0.303 e. The number of hydrogen-bond acceptors (Lipinski definition) is 4. The van der Waals surface area contributed by atoms with Crippen LogP contribution in [0.2, 0.25) is 0 Å². The minimum Gasteiger partial charge on any atom is -0.460 e. The van der Waals surface area contributed by atoms with E-state index in [1.54, 1.807) is 0 Å². The van der Waals surface area contributed by atoms with Crippen molar-refractivity contribution in [1.82, 2.24) is 0 Å². The third kappa shape index (κ3) is 5.85. The van der Waals surface area contributed by atoms with Crippen LogP contribution in [0.15, 0.2) is 0 Å². The molecule has 0 rings (SSSR count). The molecule has 0 saturated carbocycles. The van der Waals surface area contributed by atoms with Crippen LogP contribution >= 0.6 is 0 Å². The van der Waals surface area contributed by atoms with Gasteiger partial charge in [0.15, 0.2) is 0 Å². The molecule has 94 valence electrons. The van der Waals surface area contributed by atoms with Crippen molar-refractivity contribution >= 4 is 11.8 Å².